The third kappa shape index (κ3) is 2.98. The highest BCUT2D eigenvalue weighted by atomic mass is 35.5. The highest BCUT2D eigenvalue weighted by Gasteiger charge is 2.34. The van der Waals surface area contributed by atoms with Crippen LogP contribution in [0.1, 0.15) is 36.8 Å². The van der Waals surface area contributed by atoms with Crippen molar-refractivity contribution < 1.29 is 14.3 Å². The molecule has 1 aliphatic carbocycles. The summed E-state index contributed by atoms with van der Waals surface area (Å²) in [5.41, 5.74) is 2.19. The van der Waals surface area contributed by atoms with E-state index in [1.807, 2.05) is 24.3 Å². The van der Waals surface area contributed by atoms with Crippen LogP contribution in [0.3, 0.4) is 0 Å². The molecule has 4 heteroatoms. The van der Waals surface area contributed by atoms with Gasteiger partial charge in [-0.1, -0.05) is 24.3 Å². The summed E-state index contributed by atoms with van der Waals surface area (Å²) >= 11 is 5.94. The smallest absolute Gasteiger partial charge is 0.331 e. The predicted octanol–water partition coefficient (Wildman–Crippen LogP) is 2.85. The Morgan fingerprint density at radius 1 is 1.42 bits per heavy atom. The Bertz CT molecular complexity index is 484. The molecule has 0 N–H and O–H groups in total. The third-order valence-corrected chi connectivity index (χ3v) is 3.85. The van der Waals surface area contributed by atoms with Crippen LogP contribution in [0.25, 0.3) is 0 Å². The van der Waals surface area contributed by atoms with E-state index in [1.54, 1.807) is 6.92 Å². The zero-order chi connectivity index (χ0) is 13.8. The minimum absolute atomic E-state index is 0.233. The molecular weight excluding hydrogens is 264 g/mol. The quantitative estimate of drug-likeness (QED) is 0.484. The molecule has 0 aromatic heterocycles. The first-order valence-corrected chi connectivity index (χ1v) is 7.01. The van der Waals surface area contributed by atoms with E-state index >= 15 is 0 Å². The molecule has 3 nitrogen and oxygen atoms in total. The molecule has 0 heterocycles. The minimum Gasteiger partial charge on any atom is -0.465 e. The lowest BCUT2D eigenvalue weighted by atomic mass is 9.80. The van der Waals surface area contributed by atoms with E-state index in [0.717, 1.165) is 24.8 Å². The molecule has 0 spiro atoms. The Morgan fingerprint density at radius 3 is 2.89 bits per heavy atom. The van der Waals surface area contributed by atoms with E-state index in [1.165, 1.54) is 5.56 Å². The number of ether oxygens (including phenoxy) is 1. The fraction of sp³-hybridized carbons (Fsp3) is 0.467. The van der Waals surface area contributed by atoms with Crippen LogP contribution in [0.2, 0.25) is 0 Å². The topological polar surface area (TPSA) is 43.4 Å². The van der Waals surface area contributed by atoms with Crippen LogP contribution >= 0.6 is 11.6 Å². The molecule has 0 saturated heterocycles. The van der Waals surface area contributed by atoms with Gasteiger partial charge in [0, 0.05) is 5.92 Å². The fourth-order valence-electron chi connectivity index (χ4n) is 2.56. The largest absolute Gasteiger partial charge is 0.465 e. The molecule has 1 aliphatic rings. The zero-order valence-electron chi connectivity index (χ0n) is 10.9. The van der Waals surface area contributed by atoms with E-state index in [4.69, 9.17) is 16.3 Å². The fourth-order valence-corrected chi connectivity index (χ4v) is 2.77. The van der Waals surface area contributed by atoms with Crippen molar-refractivity contribution in [1.29, 1.82) is 0 Å². The van der Waals surface area contributed by atoms with Crippen LogP contribution in [0, 0.1) is 0 Å². The zero-order valence-corrected chi connectivity index (χ0v) is 11.7. The lowest BCUT2D eigenvalue weighted by molar-refractivity contribution is -0.145. The monoisotopic (exact) mass is 280 g/mol. The first-order valence-electron chi connectivity index (χ1n) is 6.57. The summed E-state index contributed by atoms with van der Waals surface area (Å²) in [4.78, 5) is 23.9. The lowest BCUT2D eigenvalue weighted by Crippen LogP contribution is -2.32. The van der Waals surface area contributed by atoms with Gasteiger partial charge < -0.3 is 4.74 Å². The van der Waals surface area contributed by atoms with Crippen molar-refractivity contribution >= 4 is 23.4 Å². The molecule has 0 fully saturated rings. The van der Waals surface area contributed by atoms with Gasteiger partial charge in [0.15, 0.2) is 11.2 Å². The Labute approximate surface area is 117 Å². The third-order valence-electron chi connectivity index (χ3n) is 3.46. The van der Waals surface area contributed by atoms with Crippen LogP contribution < -0.4 is 0 Å². The van der Waals surface area contributed by atoms with Gasteiger partial charge in [0.25, 0.3) is 0 Å². The standard InChI is InChI=1S/C15H17ClO3/c1-2-19-15(18)13(16)14(17)12-9-5-7-10-6-3-4-8-11(10)12/h3-4,6,8,12-13H,2,5,7,9H2,1H3. The van der Waals surface area contributed by atoms with Gasteiger partial charge in [-0.3, -0.25) is 4.79 Å². The van der Waals surface area contributed by atoms with Gasteiger partial charge >= 0.3 is 5.97 Å². The first kappa shape index (κ1) is 14.1. The average Bonchev–Trinajstić information content (AvgIpc) is 2.45. The molecule has 0 amide bonds. The van der Waals surface area contributed by atoms with E-state index in [2.05, 4.69) is 0 Å². The van der Waals surface area contributed by atoms with E-state index in [-0.39, 0.29) is 18.3 Å². The number of fused-ring (bicyclic) bond motifs is 1. The van der Waals surface area contributed by atoms with Gasteiger partial charge in [-0.25, -0.2) is 4.79 Å². The normalized spacial score (nSPS) is 19.4. The van der Waals surface area contributed by atoms with E-state index in [0.29, 0.717) is 0 Å². The Hall–Kier alpha value is -1.35. The number of halogens is 1. The van der Waals surface area contributed by atoms with Gasteiger partial charge in [-0.2, -0.15) is 0 Å². The number of hydrogen-bond donors (Lipinski definition) is 0. The second-order valence-corrected chi connectivity index (χ2v) is 5.10. The van der Waals surface area contributed by atoms with Crippen molar-refractivity contribution in [3.05, 3.63) is 35.4 Å². The molecule has 0 aliphatic heterocycles. The van der Waals surface area contributed by atoms with E-state index < -0.39 is 11.3 Å². The number of alkyl halides is 1. The van der Waals surface area contributed by atoms with Crippen LogP contribution in [0.15, 0.2) is 24.3 Å². The lowest BCUT2D eigenvalue weighted by Gasteiger charge is -2.25. The number of carbonyl (C=O) groups is 2. The summed E-state index contributed by atoms with van der Waals surface area (Å²) in [6.45, 7) is 1.93. The van der Waals surface area contributed by atoms with Crippen LogP contribution in [0.4, 0.5) is 0 Å². The predicted molar refractivity (Wildman–Crippen MR) is 73.4 cm³/mol. The average molecular weight is 281 g/mol. The molecule has 1 aromatic rings. The number of rotatable bonds is 4. The first-order chi connectivity index (χ1) is 9.15. The van der Waals surface area contributed by atoms with Crippen molar-refractivity contribution in [3.8, 4) is 0 Å². The summed E-state index contributed by atoms with van der Waals surface area (Å²) in [6.07, 6.45) is 2.67. The second kappa shape index (κ2) is 6.20. The van der Waals surface area contributed by atoms with Gasteiger partial charge in [-0.05, 0) is 37.3 Å². The highest BCUT2D eigenvalue weighted by Crippen LogP contribution is 2.33. The maximum absolute atomic E-state index is 12.3. The summed E-state index contributed by atoms with van der Waals surface area (Å²) in [7, 11) is 0. The number of esters is 1. The van der Waals surface area contributed by atoms with Crippen LogP contribution in [-0.4, -0.2) is 23.7 Å². The highest BCUT2D eigenvalue weighted by molar-refractivity contribution is 6.41. The van der Waals surface area contributed by atoms with Gasteiger partial charge in [0.05, 0.1) is 6.61 Å². The second-order valence-electron chi connectivity index (χ2n) is 4.66. The Balaban J connectivity index is 2.19. The Morgan fingerprint density at radius 2 is 2.16 bits per heavy atom. The van der Waals surface area contributed by atoms with E-state index in [9.17, 15) is 9.59 Å². The van der Waals surface area contributed by atoms with Gasteiger partial charge in [0.1, 0.15) is 0 Å². The summed E-state index contributed by atoms with van der Waals surface area (Å²) in [5, 5.41) is -1.20. The summed E-state index contributed by atoms with van der Waals surface area (Å²) in [6, 6.07) is 7.86. The molecule has 0 radical (unpaired) electrons. The minimum atomic E-state index is -1.20. The number of ketones is 1. The molecule has 0 bridgehead atoms. The van der Waals surface area contributed by atoms with Crippen molar-refractivity contribution in [2.24, 2.45) is 0 Å². The van der Waals surface area contributed by atoms with Crippen LogP contribution in [-0.2, 0) is 20.7 Å². The van der Waals surface area contributed by atoms with Gasteiger partial charge in [0.2, 0.25) is 0 Å². The molecule has 0 saturated carbocycles. The maximum Gasteiger partial charge on any atom is 0.331 e. The molecule has 19 heavy (non-hydrogen) atoms. The number of carbonyl (C=O) groups excluding carboxylic acids is 2. The van der Waals surface area contributed by atoms with Crippen molar-refractivity contribution in [1.82, 2.24) is 0 Å². The maximum atomic E-state index is 12.3. The number of Topliss-reactive ketones (excluding diaryl/α,β-unsaturated/α-hetero) is 1. The van der Waals surface area contributed by atoms with Crippen molar-refractivity contribution in [3.63, 3.8) is 0 Å². The Kier molecular flexibility index (Phi) is 4.59. The number of hydrogen-bond acceptors (Lipinski definition) is 3. The number of aryl methyl sites for hydroxylation is 1. The summed E-state index contributed by atoms with van der Waals surface area (Å²) < 4.78 is 4.81. The summed E-state index contributed by atoms with van der Waals surface area (Å²) in [5.74, 6) is -1.17. The molecule has 2 rings (SSSR count). The number of benzene rings is 1. The SMILES string of the molecule is CCOC(=O)C(Cl)C(=O)C1CCCc2ccccc21. The molecule has 102 valence electrons. The molecule has 2 atom stereocenters. The van der Waals surface area contributed by atoms with Crippen molar-refractivity contribution in [2.75, 3.05) is 6.61 Å². The molecule has 1 aromatic carbocycles. The molecule has 2 unspecified atom stereocenters. The molecular formula is C15H17ClO3. The van der Waals surface area contributed by atoms with Crippen LogP contribution in [0.5, 0.6) is 0 Å². The van der Waals surface area contributed by atoms with Gasteiger partial charge in [-0.15, -0.1) is 11.6 Å². The van der Waals surface area contributed by atoms with Crippen molar-refractivity contribution in [2.45, 2.75) is 37.5 Å².